The maximum atomic E-state index is 6.12. The number of nitrogens with zero attached hydrogens (tertiary/aromatic N) is 2. The molecule has 2 fully saturated rings. The molecule has 21 heavy (non-hydrogen) atoms. The number of aromatic nitrogens is 2. The van der Waals surface area contributed by atoms with Gasteiger partial charge in [0.2, 0.25) is 0 Å². The summed E-state index contributed by atoms with van der Waals surface area (Å²) in [7, 11) is 0. The second-order valence-corrected chi connectivity index (χ2v) is 7.24. The Morgan fingerprint density at radius 3 is 3.00 bits per heavy atom. The maximum absolute atomic E-state index is 6.12. The van der Waals surface area contributed by atoms with Crippen molar-refractivity contribution < 1.29 is 4.74 Å². The van der Waals surface area contributed by atoms with Crippen LogP contribution in [0.25, 0.3) is 0 Å². The zero-order valence-corrected chi connectivity index (χ0v) is 13.5. The van der Waals surface area contributed by atoms with Crippen molar-refractivity contribution >= 4 is 0 Å². The first kappa shape index (κ1) is 15.0. The molecule has 1 N–H and O–H groups in total. The predicted molar refractivity (Wildman–Crippen MR) is 84.2 cm³/mol. The molecule has 1 aliphatic heterocycles. The first-order valence-electron chi connectivity index (χ1n) is 8.55. The summed E-state index contributed by atoms with van der Waals surface area (Å²) in [5.74, 6) is 0.692. The van der Waals surface area contributed by atoms with Crippen molar-refractivity contribution in [3.63, 3.8) is 0 Å². The molecule has 1 saturated heterocycles. The van der Waals surface area contributed by atoms with Crippen molar-refractivity contribution in [2.75, 3.05) is 13.2 Å². The van der Waals surface area contributed by atoms with Crippen LogP contribution in [-0.4, -0.2) is 28.5 Å². The van der Waals surface area contributed by atoms with Crippen molar-refractivity contribution in [1.29, 1.82) is 0 Å². The second-order valence-electron chi connectivity index (χ2n) is 7.24. The van der Waals surface area contributed by atoms with Gasteiger partial charge in [0.15, 0.2) is 0 Å². The molecule has 2 aliphatic rings. The summed E-state index contributed by atoms with van der Waals surface area (Å²) in [5, 5.41) is 8.10. The quantitative estimate of drug-likeness (QED) is 0.905. The molecule has 0 radical (unpaired) electrons. The van der Waals surface area contributed by atoms with E-state index in [2.05, 4.69) is 35.1 Å². The average molecular weight is 291 g/mol. The minimum atomic E-state index is 0.172. The SMILES string of the molecule is CC(C)CNCc1cnn(C2CCOC3(CCCC3)C2)c1. The molecule has 1 spiro atoms. The van der Waals surface area contributed by atoms with E-state index in [4.69, 9.17) is 4.74 Å². The van der Waals surface area contributed by atoms with Crippen LogP contribution in [0.1, 0.15) is 64.0 Å². The fourth-order valence-electron chi connectivity index (χ4n) is 3.77. The third-order valence-corrected chi connectivity index (χ3v) is 4.89. The zero-order chi connectivity index (χ0) is 14.7. The Balaban J connectivity index is 1.57. The first-order chi connectivity index (χ1) is 10.2. The van der Waals surface area contributed by atoms with E-state index >= 15 is 0 Å². The highest BCUT2D eigenvalue weighted by molar-refractivity contribution is 5.05. The molecule has 1 aromatic rings. The normalized spacial score (nSPS) is 25.0. The molecule has 1 unspecified atom stereocenters. The van der Waals surface area contributed by atoms with Gasteiger partial charge < -0.3 is 10.1 Å². The van der Waals surface area contributed by atoms with Crippen LogP contribution in [-0.2, 0) is 11.3 Å². The molecular weight excluding hydrogens is 262 g/mol. The van der Waals surface area contributed by atoms with Gasteiger partial charge in [0, 0.05) is 24.9 Å². The molecule has 1 aliphatic carbocycles. The van der Waals surface area contributed by atoms with Crippen LogP contribution in [0, 0.1) is 5.92 Å². The lowest BCUT2D eigenvalue weighted by Crippen LogP contribution is -2.38. The molecule has 4 nitrogen and oxygen atoms in total. The lowest BCUT2D eigenvalue weighted by Gasteiger charge is -2.38. The number of ether oxygens (including phenoxy) is 1. The molecule has 1 saturated carbocycles. The molecule has 2 heterocycles. The largest absolute Gasteiger partial charge is 0.375 e. The van der Waals surface area contributed by atoms with Gasteiger partial charge in [-0.05, 0) is 38.1 Å². The molecule has 4 heteroatoms. The van der Waals surface area contributed by atoms with Crippen molar-refractivity contribution in [1.82, 2.24) is 15.1 Å². The Morgan fingerprint density at radius 1 is 1.43 bits per heavy atom. The van der Waals surface area contributed by atoms with Crippen molar-refractivity contribution in [2.45, 2.75) is 70.6 Å². The summed E-state index contributed by atoms with van der Waals surface area (Å²) in [6.07, 6.45) is 11.6. The van der Waals surface area contributed by atoms with Gasteiger partial charge in [-0.25, -0.2) is 0 Å². The average Bonchev–Trinajstić information content (AvgIpc) is 3.09. The smallest absolute Gasteiger partial charge is 0.0703 e. The Labute approximate surface area is 128 Å². The van der Waals surface area contributed by atoms with Crippen LogP contribution in [0.5, 0.6) is 0 Å². The summed E-state index contributed by atoms with van der Waals surface area (Å²) in [6, 6.07) is 0.524. The minimum absolute atomic E-state index is 0.172. The summed E-state index contributed by atoms with van der Waals surface area (Å²) in [5.41, 5.74) is 1.47. The van der Waals surface area contributed by atoms with E-state index in [-0.39, 0.29) is 5.60 Å². The zero-order valence-electron chi connectivity index (χ0n) is 13.5. The van der Waals surface area contributed by atoms with E-state index in [1.54, 1.807) is 0 Å². The Hall–Kier alpha value is -0.870. The Bertz CT molecular complexity index is 449. The summed E-state index contributed by atoms with van der Waals surface area (Å²) in [4.78, 5) is 0. The van der Waals surface area contributed by atoms with E-state index in [9.17, 15) is 0 Å². The second kappa shape index (κ2) is 6.49. The third kappa shape index (κ3) is 3.67. The van der Waals surface area contributed by atoms with Gasteiger partial charge >= 0.3 is 0 Å². The van der Waals surface area contributed by atoms with E-state index in [1.807, 2.05) is 6.20 Å². The highest BCUT2D eigenvalue weighted by Crippen LogP contribution is 2.43. The van der Waals surface area contributed by atoms with Crippen molar-refractivity contribution in [3.8, 4) is 0 Å². The highest BCUT2D eigenvalue weighted by atomic mass is 16.5. The van der Waals surface area contributed by atoms with Crippen LogP contribution in [0.4, 0.5) is 0 Å². The monoisotopic (exact) mass is 291 g/mol. The fourth-order valence-corrected chi connectivity index (χ4v) is 3.77. The fraction of sp³-hybridized carbons (Fsp3) is 0.824. The van der Waals surface area contributed by atoms with Gasteiger partial charge in [-0.1, -0.05) is 26.7 Å². The molecular formula is C17H29N3O. The maximum Gasteiger partial charge on any atom is 0.0703 e. The van der Waals surface area contributed by atoms with Crippen LogP contribution in [0.3, 0.4) is 0 Å². The predicted octanol–water partition coefficient (Wildman–Crippen LogP) is 3.29. The number of nitrogens with one attached hydrogen (secondary N) is 1. The molecule has 118 valence electrons. The number of hydrogen-bond acceptors (Lipinski definition) is 3. The van der Waals surface area contributed by atoms with Crippen LogP contribution in [0.15, 0.2) is 12.4 Å². The molecule has 1 atom stereocenters. The molecule has 0 amide bonds. The molecule has 1 aromatic heterocycles. The Kier molecular flexibility index (Phi) is 4.65. The minimum Gasteiger partial charge on any atom is -0.375 e. The topological polar surface area (TPSA) is 39.1 Å². The van der Waals surface area contributed by atoms with Gasteiger partial charge in [-0.15, -0.1) is 0 Å². The number of hydrogen-bond donors (Lipinski definition) is 1. The van der Waals surface area contributed by atoms with Crippen molar-refractivity contribution in [3.05, 3.63) is 18.0 Å². The lowest BCUT2D eigenvalue weighted by atomic mass is 9.89. The van der Waals surface area contributed by atoms with Gasteiger partial charge in [-0.3, -0.25) is 4.68 Å². The molecule has 0 aromatic carbocycles. The lowest BCUT2D eigenvalue weighted by molar-refractivity contribution is -0.0910. The Morgan fingerprint density at radius 2 is 2.24 bits per heavy atom. The van der Waals surface area contributed by atoms with Gasteiger partial charge in [0.25, 0.3) is 0 Å². The van der Waals surface area contributed by atoms with Crippen molar-refractivity contribution in [2.24, 2.45) is 5.92 Å². The standard InChI is InChI=1S/C17H29N3O/c1-14(2)10-18-11-15-12-19-20(13-15)16-5-8-21-17(9-16)6-3-4-7-17/h12-14,16,18H,3-11H2,1-2H3. The van der Waals surface area contributed by atoms with Crippen LogP contribution < -0.4 is 5.32 Å². The first-order valence-corrected chi connectivity index (χ1v) is 8.55. The molecule has 3 rings (SSSR count). The third-order valence-electron chi connectivity index (χ3n) is 4.89. The number of rotatable bonds is 5. The summed E-state index contributed by atoms with van der Waals surface area (Å²) >= 11 is 0. The van der Waals surface area contributed by atoms with E-state index in [0.717, 1.165) is 32.5 Å². The van der Waals surface area contributed by atoms with E-state index in [0.29, 0.717) is 12.0 Å². The van der Waals surface area contributed by atoms with E-state index in [1.165, 1.54) is 31.2 Å². The van der Waals surface area contributed by atoms with Gasteiger partial charge in [0.1, 0.15) is 0 Å². The van der Waals surface area contributed by atoms with Crippen LogP contribution in [0.2, 0.25) is 0 Å². The summed E-state index contributed by atoms with van der Waals surface area (Å²) < 4.78 is 8.31. The highest BCUT2D eigenvalue weighted by Gasteiger charge is 2.40. The van der Waals surface area contributed by atoms with E-state index < -0.39 is 0 Å². The van der Waals surface area contributed by atoms with Crippen LogP contribution >= 0.6 is 0 Å². The van der Waals surface area contributed by atoms with Gasteiger partial charge in [0.05, 0.1) is 17.8 Å². The summed E-state index contributed by atoms with van der Waals surface area (Å²) in [6.45, 7) is 7.35. The van der Waals surface area contributed by atoms with Gasteiger partial charge in [-0.2, -0.15) is 5.10 Å². The molecule has 0 bridgehead atoms.